The van der Waals surface area contributed by atoms with Gasteiger partial charge in [-0.1, -0.05) is 61.8 Å². The van der Waals surface area contributed by atoms with E-state index in [-0.39, 0.29) is 11.3 Å². The van der Waals surface area contributed by atoms with Gasteiger partial charge in [-0.05, 0) is 24.7 Å². The number of rotatable bonds is 3. The van der Waals surface area contributed by atoms with Gasteiger partial charge in [0.05, 0.1) is 48.6 Å². The molecule has 0 radical (unpaired) electrons. The van der Waals surface area contributed by atoms with Crippen molar-refractivity contribution in [1.29, 1.82) is 42.1 Å². The predicted molar refractivity (Wildman–Crippen MR) is 195 cm³/mol. The number of nitrogens with zero attached hydrogens (tertiary/aromatic N) is 8. The molecule has 0 aromatic carbocycles. The van der Waals surface area contributed by atoms with E-state index in [9.17, 15) is 134 Å². The topological polar surface area (TPSA) is 190 Å². The average Bonchev–Trinajstić information content (AvgIpc) is 3.13. The van der Waals surface area contributed by atoms with Crippen LogP contribution < -0.4 is 0 Å². The fraction of sp³-hybridized carbons (Fsp3) is 0.724. The van der Waals surface area contributed by atoms with Crippen LogP contribution in [0.5, 0.6) is 0 Å². The predicted octanol–water partition coefficient (Wildman–Crippen LogP) is 25.5. The zero-order valence-corrected chi connectivity index (χ0v) is 70.1. The van der Waals surface area contributed by atoms with Crippen molar-refractivity contribution >= 4 is 0 Å². The van der Waals surface area contributed by atoms with Crippen molar-refractivity contribution in [1.82, 2.24) is 0 Å². The van der Waals surface area contributed by atoms with Crippen LogP contribution in [0, 0.1) is 108 Å². The van der Waals surface area contributed by atoms with Gasteiger partial charge in [0.25, 0.3) is 0 Å². The first-order valence-corrected chi connectivity index (χ1v) is 67.7. The third kappa shape index (κ3) is 2380. The molecule has 0 saturated heterocycles. The Labute approximate surface area is 506 Å². The standard InChI is InChI=1S/2C6H11N.C5H9N.2C3H5N.3C2H2FN.40FH.8Ta/c1-6(2,3)4-5-7;1-3-4-6(2)5-7;1-5(2)3-4-6;2*1-2-3-4;3*3-1-2-4;;;;;;;;;;;;;;;;;;;;;;;;;;;;;;;;;;;;;;;;;;;;;;;;/h4H2,1-3H3;6H,3-4H2,1-2H3;5H,3H2,1-2H3;2*2H2,1H3;3*1H2;40*1H;;;;;;;;/q;;;;;;;;;;;;;;;;;;;;;;;;;;;;;;;;;;;;;;;;;;;;;;;;8*+5/p-40. The van der Waals surface area contributed by atoms with Crippen molar-refractivity contribution in [2.45, 2.75) is 101 Å². The third-order valence-electron chi connectivity index (χ3n) is 2.55. The van der Waals surface area contributed by atoms with Gasteiger partial charge in [0.2, 0.25) is 0 Å². The molecule has 0 aliphatic rings. The Morgan fingerprint density at radius 2 is 0.432 bits per heavy atom. The summed E-state index contributed by atoms with van der Waals surface area (Å²) in [6, 6.07) is 14.0. The summed E-state index contributed by atoms with van der Waals surface area (Å²) in [6.45, 7) is 15.3. The minimum absolute atomic E-state index is 0.189. The van der Waals surface area contributed by atoms with Crippen LogP contribution >= 0.6 is 0 Å². The SMILES string of the molecule is CC(C)(C)CC#N.CC(C)CC#N.CCC#N.CCC#N.CCCC(C)C#N.N#CCF.N#CCF.N#CCF.[F][Ta]([F])([F])([F])[F].[F][Ta]([F])([F])([F])[F].[F][Ta]([F])([F])([F])[F].[F][Ta]([F])([F])([F])[F].[F][Ta]([F])([F])([F])[F].[F][Ta]([F])([F])([F])[F].[F][Ta]([F])([F])([F])[F].[F][Ta]([F])([F])([F])[F]. The van der Waals surface area contributed by atoms with Gasteiger partial charge >= 0.3 is 269 Å². The summed E-state index contributed by atoms with van der Waals surface area (Å²) in [5.41, 5.74) is 0.189. The van der Waals surface area contributed by atoms with Crippen molar-refractivity contribution < 1.29 is 283 Å². The summed E-state index contributed by atoms with van der Waals surface area (Å²) in [5.74, 6) is 0.792. The minimum atomic E-state index is -9.30. The Morgan fingerprint density at radius 1 is 0.295 bits per heavy atom. The van der Waals surface area contributed by atoms with E-state index in [1.165, 1.54) is 18.2 Å². The summed E-state index contributed by atoms with van der Waals surface area (Å²) >= 11 is -74.4. The van der Waals surface area contributed by atoms with Gasteiger partial charge in [0, 0.05) is 31.6 Å². The molecule has 1 atom stereocenters. The van der Waals surface area contributed by atoms with Crippen LogP contribution in [0.15, 0.2) is 0 Å². The van der Waals surface area contributed by atoms with E-state index in [0.717, 1.165) is 12.8 Å². The van der Waals surface area contributed by atoms with Gasteiger partial charge in [-0.15, -0.1) is 0 Å². The van der Waals surface area contributed by atoms with Crippen LogP contribution in [-0.4, -0.2) is 20.0 Å². The molecule has 59 heteroatoms. The Kier molecular flexibility index (Phi) is 77.0. The van der Waals surface area contributed by atoms with Crippen LogP contribution in [0.3, 0.4) is 0 Å². The molecule has 0 N–H and O–H groups in total. The molecule has 0 aromatic heterocycles. The van der Waals surface area contributed by atoms with Crippen molar-refractivity contribution in [3.63, 3.8) is 0 Å². The van der Waals surface area contributed by atoms with E-state index in [1.807, 2.05) is 46.8 Å². The van der Waals surface area contributed by atoms with E-state index in [0.29, 0.717) is 31.6 Å². The van der Waals surface area contributed by atoms with Gasteiger partial charge in [-0.3, -0.25) is 0 Å². The Hall–Kier alpha value is -1.17. The number of nitriles is 8. The maximum absolute atomic E-state index is 10.4. The third-order valence-corrected chi connectivity index (χ3v) is 2.55. The molecular formula is C29H47F43N8Ta8. The molecule has 0 heterocycles. The number of halogens is 43. The fourth-order valence-corrected chi connectivity index (χ4v) is 0.917. The average molecular weight is 2770 g/mol. The van der Waals surface area contributed by atoms with Crippen LogP contribution in [0.4, 0.5) is 134 Å². The van der Waals surface area contributed by atoms with Crippen molar-refractivity contribution in [2.75, 3.05) is 20.0 Å². The summed E-state index contributed by atoms with van der Waals surface area (Å²) < 4.78 is 428. The monoisotopic (exact) mass is 2770 g/mol. The molecule has 0 aliphatic heterocycles. The quantitative estimate of drug-likeness (QED) is 0.249. The zero-order chi connectivity index (χ0) is 77.3. The number of hydrogen-bond acceptors (Lipinski definition) is 8. The molecule has 0 bridgehead atoms. The molecule has 0 aromatic rings. The van der Waals surface area contributed by atoms with E-state index in [1.54, 1.807) is 0 Å². The summed E-state index contributed by atoms with van der Waals surface area (Å²) in [5, 5.41) is 61.4. The summed E-state index contributed by atoms with van der Waals surface area (Å²) in [7, 11) is 0. The molecule has 0 saturated carbocycles. The van der Waals surface area contributed by atoms with Crippen LogP contribution in [0.1, 0.15) is 101 Å². The molecular weight excluding hydrogens is 2720 g/mol. The fourth-order valence-electron chi connectivity index (χ4n) is 0.917. The molecule has 0 amide bonds. The first-order valence-electron chi connectivity index (χ1n) is 19.1. The Morgan fingerprint density at radius 3 is 0.443 bits per heavy atom. The molecule has 1 unspecified atom stereocenters. The van der Waals surface area contributed by atoms with E-state index < -0.39 is 168 Å². The van der Waals surface area contributed by atoms with Gasteiger partial charge in [0.1, 0.15) is 0 Å². The van der Waals surface area contributed by atoms with E-state index in [4.69, 9.17) is 42.1 Å². The first-order chi connectivity index (χ1) is 36.6. The normalized spacial score (nSPS) is 14.0. The van der Waals surface area contributed by atoms with Crippen LogP contribution in [0.25, 0.3) is 0 Å². The van der Waals surface area contributed by atoms with Gasteiger partial charge < -0.3 is 0 Å². The summed E-state index contributed by atoms with van der Waals surface area (Å²) in [6.07, 6.45) is 4.73. The molecule has 8 nitrogen and oxygen atoms in total. The van der Waals surface area contributed by atoms with Gasteiger partial charge in [-0.2, -0.15) is 42.1 Å². The van der Waals surface area contributed by atoms with Crippen molar-refractivity contribution in [3.05, 3.63) is 0 Å². The summed E-state index contributed by atoms with van der Waals surface area (Å²) in [4.78, 5) is 0. The second-order valence-electron chi connectivity index (χ2n) is 13.5. The Bertz CT molecular complexity index is 1620. The zero-order valence-electron chi connectivity index (χ0n) is 44.4. The molecule has 0 aliphatic carbocycles. The van der Waals surface area contributed by atoms with Crippen molar-refractivity contribution in [2.24, 2.45) is 17.3 Å². The Balaban J connectivity index is -0.0000000450. The number of hydrogen-bond donors (Lipinski definition) is 0. The number of alkyl halides is 3. The molecule has 0 rings (SSSR count). The van der Waals surface area contributed by atoms with Gasteiger partial charge in [-0.25, -0.2) is 13.2 Å². The first kappa shape index (κ1) is 128. The molecule has 0 spiro atoms. The molecule has 544 valence electrons. The second kappa shape index (κ2) is 53.1. The molecule has 0 fully saturated rings. The maximum atomic E-state index is 10.4. The van der Waals surface area contributed by atoms with Crippen LogP contribution in [-0.2, 0) is 148 Å². The van der Waals surface area contributed by atoms with Crippen LogP contribution in [0.2, 0.25) is 0 Å². The van der Waals surface area contributed by atoms with Gasteiger partial charge in [0.15, 0.2) is 20.0 Å². The second-order valence-corrected chi connectivity index (χ2v) is 50.2. The van der Waals surface area contributed by atoms with E-state index >= 15 is 0 Å². The molecule has 88 heavy (non-hydrogen) atoms. The van der Waals surface area contributed by atoms with E-state index in [2.05, 4.69) is 45.9 Å². The van der Waals surface area contributed by atoms with Crippen molar-refractivity contribution in [3.8, 4) is 48.6 Å².